The minimum absolute atomic E-state index is 0.357. The van der Waals surface area contributed by atoms with Gasteiger partial charge in [0.05, 0.1) is 12.2 Å². The molecule has 0 saturated carbocycles. The normalized spacial score (nSPS) is 13.7. The van der Waals surface area contributed by atoms with Crippen LogP contribution in [0.1, 0.15) is 47.5 Å². The predicted molar refractivity (Wildman–Crippen MR) is 57.3 cm³/mol. The monoisotopic (exact) mass is 218 g/mol. The molecular formula is C11H22O4. The van der Waals surface area contributed by atoms with Gasteiger partial charge in [0.15, 0.2) is 6.10 Å². The average Bonchev–Trinajstić information content (AvgIpc) is 2.19. The van der Waals surface area contributed by atoms with Crippen molar-refractivity contribution in [3.05, 3.63) is 0 Å². The van der Waals surface area contributed by atoms with Gasteiger partial charge in [0, 0.05) is 0 Å². The molecular weight excluding hydrogens is 196 g/mol. The van der Waals surface area contributed by atoms with Crippen molar-refractivity contribution in [2.75, 3.05) is 6.61 Å². The van der Waals surface area contributed by atoms with E-state index in [1.807, 2.05) is 27.7 Å². The molecule has 0 fully saturated rings. The molecule has 0 heterocycles. The maximum Gasteiger partial charge on any atom is 0.338 e. The Labute approximate surface area is 91.8 Å². The van der Waals surface area contributed by atoms with Crippen molar-refractivity contribution in [2.45, 2.75) is 59.2 Å². The van der Waals surface area contributed by atoms with Crippen molar-refractivity contribution < 1.29 is 19.3 Å². The fourth-order valence-corrected chi connectivity index (χ4v) is 0.756. The van der Waals surface area contributed by atoms with Crippen LogP contribution in [0, 0.1) is 0 Å². The van der Waals surface area contributed by atoms with Gasteiger partial charge in [-0.15, -0.1) is 0 Å². The van der Waals surface area contributed by atoms with Gasteiger partial charge in [0.2, 0.25) is 0 Å². The zero-order chi connectivity index (χ0) is 11.9. The Morgan fingerprint density at radius 3 is 2.27 bits per heavy atom. The molecule has 0 amide bonds. The van der Waals surface area contributed by atoms with Crippen LogP contribution in [0.15, 0.2) is 0 Å². The largest absolute Gasteiger partial charge is 0.464 e. The Morgan fingerprint density at radius 2 is 1.87 bits per heavy atom. The Kier molecular flexibility index (Phi) is 6.52. The Balaban J connectivity index is 4.05. The van der Waals surface area contributed by atoms with E-state index in [1.54, 1.807) is 6.92 Å². The van der Waals surface area contributed by atoms with E-state index in [0.29, 0.717) is 13.0 Å². The zero-order valence-electron chi connectivity index (χ0n) is 10.3. The maximum atomic E-state index is 11.4. The van der Waals surface area contributed by atoms with Gasteiger partial charge in [-0.3, -0.25) is 0 Å². The summed E-state index contributed by atoms with van der Waals surface area (Å²) in [5, 5.41) is 0. The number of rotatable bonds is 7. The third kappa shape index (κ3) is 5.74. The van der Waals surface area contributed by atoms with Crippen LogP contribution in [0.3, 0.4) is 0 Å². The van der Waals surface area contributed by atoms with Crippen molar-refractivity contribution in [2.24, 2.45) is 0 Å². The molecule has 0 rings (SSSR count). The Hall–Kier alpha value is -0.610. The first-order valence-corrected chi connectivity index (χ1v) is 5.48. The number of carbonyl (C=O) groups excluding carboxylic acids is 1. The van der Waals surface area contributed by atoms with Crippen molar-refractivity contribution in [3.8, 4) is 0 Å². The molecule has 0 N–H and O–H groups in total. The fourth-order valence-electron chi connectivity index (χ4n) is 0.756. The van der Waals surface area contributed by atoms with Crippen LogP contribution in [-0.2, 0) is 19.3 Å². The lowest BCUT2D eigenvalue weighted by atomic mass is 10.1. The lowest BCUT2D eigenvalue weighted by Crippen LogP contribution is -2.31. The van der Waals surface area contributed by atoms with Crippen LogP contribution in [-0.4, -0.2) is 24.3 Å². The summed E-state index contributed by atoms with van der Waals surface area (Å²) < 4.78 is 4.85. The fraction of sp³-hybridized carbons (Fsp3) is 0.909. The smallest absolute Gasteiger partial charge is 0.338 e. The first-order chi connectivity index (χ1) is 6.96. The van der Waals surface area contributed by atoms with E-state index in [1.165, 1.54) is 0 Å². The minimum atomic E-state index is -0.629. The lowest BCUT2D eigenvalue weighted by Gasteiger charge is -2.24. The van der Waals surface area contributed by atoms with E-state index in [9.17, 15) is 4.79 Å². The quantitative estimate of drug-likeness (QED) is 0.374. The molecule has 90 valence electrons. The molecule has 0 aromatic rings. The van der Waals surface area contributed by atoms with Gasteiger partial charge in [0.25, 0.3) is 0 Å². The van der Waals surface area contributed by atoms with Gasteiger partial charge in [0.1, 0.15) is 0 Å². The molecule has 4 heteroatoms. The minimum Gasteiger partial charge on any atom is -0.464 e. The van der Waals surface area contributed by atoms with Crippen LogP contribution in [0.4, 0.5) is 0 Å². The highest BCUT2D eigenvalue weighted by molar-refractivity contribution is 5.74. The summed E-state index contributed by atoms with van der Waals surface area (Å²) in [5.74, 6) is -0.369. The van der Waals surface area contributed by atoms with Crippen molar-refractivity contribution in [3.63, 3.8) is 0 Å². The van der Waals surface area contributed by atoms with Crippen LogP contribution in [0.2, 0.25) is 0 Å². The number of hydrogen-bond acceptors (Lipinski definition) is 4. The third-order valence-corrected chi connectivity index (χ3v) is 2.16. The van der Waals surface area contributed by atoms with E-state index in [-0.39, 0.29) is 11.6 Å². The SMILES string of the molecule is CCOC(=O)C(CC)OOC(C)(C)CC. The maximum absolute atomic E-state index is 11.4. The topological polar surface area (TPSA) is 44.8 Å². The van der Waals surface area contributed by atoms with Gasteiger partial charge < -0.3 is 4.74 Å². The van der Waals surface area contributed by atoms with E-state index < -0.39 is 6.10 Å². The van der Waals surface area contributed by atoms with Crippen molar-refractivity contribution >= 4 is 5.97 Å². The second-order valence-corrected chi connectivity index (χ2v) is 3.94. The molecule has 0 spiro atoms. The van der Waals surface area contributed by atoms with Gasteiger partial charge in [-0.25, -0.2) is 14.6 Å². The standard InChI is InChI=1S/C11H22O4/c1-6-9(10(12)13-8-3)14-15-11(4,5)7-2/h9H,6-8H2,1-5H3. The van der Waals surface area contributed by atoms with Crippen molar-refractivity contribution in [1.82, 2.24) is 0 Å². The summed E-state index contributed by atoms with van der Waals surface area (Å²) in [5.41, 5.74) is -0.375. The van der Waals surface area contributed by atoms with Gasteiger partial charge in [-0.2, -0.15) is 0 Å². The number of carbonyl (C=O) groups is 1. The molecule has 0 saturated heterocycles. The Morgan fingerprint density at radius 1 is 1.27 bits per heavy atom. The summed E-state index contributed by atoms with van der Waals surface area (Å²) in [6.07, 6.45) is 0.723. The van der Waals surface area contributed by atoms with E-state index in [2.05, 4.69) is 0 Å². The predicted octanol–water partition coefficient (Wildman–Crippen LogP) is 2.46. The molecule has 0 aliphatic carbocycles. The highest BCUT2D eigenvalue weighted by Crippen LogP contribution is 2.16. The molecule has 4 nitrogen and oxygen atoms in total. The summed E-state index contributed by atoms with van der Waals surface area (Å²) >= 11 is 0. The van der Waals surface area contributed by atoms with Crippen LogP contribution >= 0.6 is 0 Å². The average molecular weight is 218 g/mol. The van der Waals surface area contributed by atoms with E-state index in [4.69, 9.17) is 14.5 Å². The third-order valence-electron chi connectivity index (χ3n) is 2.16. The number of hydrogen-bond donors (Lipinski definition) is 0. The molecule has 0 aliphatic rings. The molecule has 0 bridgehead atoms. The summed E-state index contributed by atoms with van der Waals surface area (Å²) in [6, 6.07) is 0. The van der Waals surface area contributed by atoms with Gasteiger partial charge >= 0.3 is 5.97 Å². The second kappa shape index (κ2) is 6.80. The number of ether oxygens (including phenoxy) is 1. The van der Waals surface area contributed by atoms with Crippen LogP contribution < -0.4 is 0 Å². The zero-order valence-corrected chi connectivity index (χ0v) is 10.3. The van der Waals surface area contributed by atoms with E-state index >= 15 is 0 Å². The molecule has 0 aliphatic heterocycles. The summed E-state index contributed by atoms with van der Waals surface area (Å²) in [7, 11) is 0. The first-order valence-electron chi connectivity index (χ1n) is 5.48. The van der Waals surface area contributed by atoms with Gasteiger partial charge in [-0.1, -0.05) is 13.8 Å². The summed E-state index contributed by atoms with van der Waals surface area (Å²) in [4.78, 5) is 21.6. The van der Waals surface area contributed by atoms with Crippen molar-refractivity contribution in [1.29, 1.82) is 0 Å². The second-order valence-electron chi connectivity index (χ2n) is 3.94. The van der Waals surface area contributed by atoms with Crippen LogP contribution in [0.5, 0.6) is 0 Å². The first kappa shape index (κ1) is 14.4. The molecule has 0 aromatic carbocycles. The van der Waals surface area contributed by atoms with Gasteiger partial charge in [-0.05, 0) is 33.6 Å². The molecule has 0 aromatic heterocycles. The molecule has 15 heavy (non-hydrogen) atoms. The molecule has 1 atom stereocenters. The number of esters is 1. The molecule has 1 unspecified atom stereocenters. The lowest BCUT2D eigenvalue weighted by molar-refractivity contribution is -0.372. The Bertz CT molecular complexity index is 189. The molecule has 0 radical (unpaired) electrons. The van der Waals surface area contributed by atoms with E-state index in [0.717, 1.165) is 6.42 Å². The van der Waals surface area contributed by atoms with Crippen LogP contribution in [0.25, 0.3) is 0 Å². The highest BCUT2D eigenvalue weighted by Gasteiger charge is 2.24. The summed E-state index contributed by atoms with van der Waals surface area (Å²) in [6.45, 7) is 9.78. The highest BCUT2D eigenvalue weighted by atomic mass is 17.2.